The molecule has 2 heteroatoms. The third-order valence-electron chi connectivity index (χ3n) is 2.78. The molecule has 0 N–H and O–H groups in total. The van der Waals surface area contributed by atoms with Gasteiger partial charge in [-0.05, 0) is 12.0 Å². The summed E-state index contributed by atoms with van der Waals surface area (Å²) in [6.45, 7) is 4.30. The monoisotopic (exact) mass is 199 g/mol. The van der Waals surface area contributed by atoms with E-state index in [1.807, 2.05) is 18.2 Å². The van der Waals surface area contributed by atoms with E-state index in [0.29, 0.717) is 13.0 Å². The first-order chi connectivity index (χ1) is 7.32. The SMILES string of the molecule is C=CCC1(C#N)OCCc2ccccc21. The highest BCUT2D eigenvalue weighted by atomic mass is 16.5. The highest BCUT2D eigenvalue weighted by Gasteiger charge is 2.36. The van der Waals surface area contributed by atoms with Gasteiger partial charge < -0.3 is 4.74 Å². The van der Waals surface area contributed by atoms with Gasteiger partial charge in [0.1, 0.15) is 6.07 Å². The molecule has 15 heavy (non-hydrogen) atoms. The van der Waals surface area contributed by atoms with Gasteiger partial charge in [-0.2, -0.15) is 5.26 Å². The summed E-state index contributed by atoms with van der Waals surface area (Å²) in [6, 6.07) is 10.3. The lowest BCUT2D eigenvalue weighted by Crippen LogP contribution is -2.33. The van der Waals surface area contributed by atoms with Crippen LogP contribution in [-0.2, 0) is 16.8 Å². The molecule has 2 nitrogen and oxygen atoms in total. The minimum absolute atomic E-state index is 0.542. The molecule has 2 rings (SSSR count). The summed E-state index contributed by atoms with van der Waals surface area (Å²) in [5.41, 5.74) is 1.40. The third kappa shape index (κ3) is 1.55. The molecular weight excluding hydrogens is 186 g/mol. The van der Waals surface area contributed by atoms with Gasteiger partial charge in [-0.15, -0.1) is 6.58 Å². The highest BCUT2D eigenvalue weighted by Crippen LogP contribution is 2.35. The van der Waals surface area contributed by atoms with Crippen molar-refractivity contribution >= 4 is 0 Å². The van der Waals surface area contributed by atoms with Crippen LogP contribution in [0, 0.1) is 11.3 Å². The fourth-order valence-corrected chi connectivity index (χ4v) is 2.06. The average Bonchev–Trinajstić information content (AvgIpc) is 2.30. The summed E-state index contributed by atoms with van der Waals surface area (Å²) in [5.74, 6) is 0. The average molecular weight is 199 g/mol. The first kappa shape index (κ1) is 9.95. The summed E-state index contributed by atoms with van der Waals surface area (Å²) in [6.07, 6.45) is 3.17. The van der Waals surface area contributed by atoms with Crippen LogP contribution in [0.15, 0.2) is 36.9 Å². The van der Waals surface area contributed by atoms with Crippen LogP contribution in [0.1, 0.15) is 17.5 Å². The van der Waals surface area contributed by atoms with Crippen molar-refractivity contribution in [2.24, 2.45) is 0 Å². The molecule has 76 valence electrons. The lowest BCUT2D eigenvalue weighted by Gasteiger charge is -2.32. The molecule has 0 aliphatic carbocycles. The Morgan fingerprint density at radius 2 is 2.33 bits per heavy atom. The molecule has 0 aromatic heterocycles. The molecule has 0 bridgehead atoms. The second-order valence-corrected chi connectivity index (χ2v) is 3.69. The Kier molecular flexibility index (Phi) is 2.57. The Balaban J connectivity index is 2.52. The number of rotatable bonds is 2. The minimum atomic E-state index is -0.809. The second-order valence-electron chi connectivity index (χ2n) is 3.69. The van der Waals surface area contributed by atoms with Crippen LogP contribution < -0.4 is 0 Å². The van der Waals surface area contributed by atoms with Gasteiger partial charge in [0, 0.05) is 12.0 Å². The fraction of sp³-hybridized carbons (Fsp3) is 0.308. The summed E-state index contributed by atoms with van der Waals surface area (Å²) >= 11 is 0. The maximum absolute atomic E-state index is 9.30. The number of hydrogen-bond donors (Lipinski definition) is 0. The first-order valence-electron chi connectivity index (χ1n) is 5.07. The summed E-state index contributed by atoms with van der Waals surface area (Å²) < 4.78 is 5.65. The van der Waals surface area contributed by atoms with Crippen LogP contribution in [0.4, 0.5) is 0 Å². The van der Waals surface area contributed by atoms with Crippen LogP contribution in [0.2, 0.25) is 0 Å². The standard InChI is InChI=1S/C13H13NO/c1-2-8-13(10-14)12-6-4-3-5-11(12)7-9-15-13/h2-6H,1,7-9H2. The van der Waals surface area contributed by atoms with Crippen molar-refractivity contribution < 1.29 is 4.74 Å². The predicted octanol–water partition coefficient (Wildman–Crippen LogP) is 2.55. The Morgan fingerprint density at radius 3 is 3.07 bits per heavy atom. The van der Waals surface area contributed by atoms with Crippen molar-refractivity contribution in [3.05, 3.63) is 48.0 Å². The van der Waals surface area contributed by atoms with E-state index < -0.39 is 5.60 Å². The Labute approximate surface area is 89.8 Å². The van der Waals surface area contributed by atoms with Gasteiger partial charge in [0.15, 0.2) is 5.60 Å². The van der Waals surface area contributed by atoms with Crippen molar-refractivity contribution in [3.63, 3.8) is 0 Å². The molecule has 1 unspecified atom stereocenters. The summed E-state index contributed by atoms with van der Waals surface area (Å²) in [4.78, 5) is 0. The topological polar surface area (TPSA) is 33.0 Å². The molecule has 0 saturated heterocycles. The maximum atomic E-state index is 9.30. The Hall–Kier alpha value is -1.59. The van der Waals surface area contributed by atoms with E-state index in [4.69, 9.17) is 4.74 Å². The quantitative estimate of drug-likeness (QED) is 0.686. The van der Waals surface area contributed by atoms with Gasteiger partial charge in [-0.3, -0.25) is 0 Å². The second kappa shape index (κ2) is 3.88. The normalized spacial score (nSPS) is 23.9. The van der Waals surface area contributed by atoms with Crippen LogP contribution >= 0.6 is 0 Å². The third-order valence-corrected chi connectivity index (χ3v) is 2.78. The molecule has 1 aliphatic heterocycles. The molecule has 1 heterocycles. The molecule has 1 aliphatic rings. The van der Waals surface area contributed by atoms with Gasteiger partial charge in [0.25, 0.3) is 0 Å². The zero-order valence-corrected chi connectivity index (χ0v) is 8.57. The molecule has 0 amide bonds. The summed E-state index contributed by atoms with van der Waals surface area (Å²) in [7, 11) is 0. The highest BCUT2D eigenvalue weighted by molar-refractivity contribution is 5.39. The number of hydrogen-bond acceptors (Lipinski definition) is 2. The molecule has 1 atom stereocenters. The van der Waals surface area contributed by atoms with Gasteiger partial charge in [0.2, 0.25) is 0 Å². The van der Waals surface area contributed by atoms with Gasteiger partial charge >= 0.3 is 0 Å². The van der Waals surface area contributed by atoms with E-state index in [1.54, 1.807) is 6.08 Å². The van der Waals surface area contributed by atoms with Crippen LogP contribution in [0.25, 0.3) is 0 Å². The lowest BCUT2D eigenvalue weighted by atomic mass is 9.85. The number of fused-ring (bicyclic) bond motifs is 1. The number of ether oxygens (including phenoxy) is 1. The minimum Gasteiger partial charge on any atom is -0.355 e. The van der Waals surface area contributed by atoms with Crippen LogP contribution in [0.3, 0.4) is 0 Å². The Bertz CT molecular complexity index is 419. The zero-order valence-electron chi connectivity index (χ0n) is 8.57. The van der Waals surface area contributed by atoms with E-state index in [-0.39, 0.29) is 0 Å². The zero-order chi connectivity index (χ0) is 10.7. The molecule has 0 radical (unpaired) electrons. The van der Waals surface area contributed by atoms with Crippen LogP contribution in [0.5, 0.6) is 0 Å². The number of nitrogens with zero attached hydrogens (tertiary/aromatic N) is 1. The van der Waals surface area contributed by atoms with Gasteiger partial charge in [-0.1, -0.05) is 30.3 Å². The van der Waals surface area contributed by atoms with Crippen molar-refractivity contribution in [1.29, 1.82) is 5.26 Å². The van der Waals surface area contributed by atoms with Gasteiger partial charge in [0.05, 0.1) is 6.61 Å². The van der Waals surface area contributed by atoms with E-state index in [0.717, 1.165) is 12.0 Å². The maximum Gasteiger partial charge on any atom is 0.183 e. The van der Waals surface area contributed by atoms with Crippen molar-refractivity contribution in [1.82, 2.24) is 0 Å². The molecule has 1 aromatic rings. The largest absolute Gasteiger partial charge is 0.355 e. The van der Waals surface area contributed by atoms with E-state index in [1.165, 1.54) is 5.56 Å². The Morgan fingerprint density at radius 1 is 1.53 bits per heavy atom. The van der Waals surface area contributed by atoms with Crippen molar-refractivity contribution in [2.75, 3.05) is 6.61 Å². The van der Waals surface area contributed by atoms with E-state index in [9.17, 15) is 5.26 Å². The fourth-order valence-electron chi connectivity index (χ4n) is 2.06. The molecule has 1 aromatic carbocycles. The van der Waals surface area contributed by atoms with Gasteiger partial charge in [-0.25, -0.2) is 0 Å². The van der Waals surface area contributed by atoms with E-state index in [2.05, 4.69) is 18.7 Å². The van der Waals surface area contributed by atoms with Crippen molar-refractivity contribution in [3.8, 4) is 6.07 Å². The van der Waals surface area contributed by atoms with Crippen molar-refractivity contribution in [2.45, 2.75) is 18.4 Å². The predicted molar refractivity (Wildman–Crippen MR) is 58.2 cm³/mol. The number of benzene rings is 1. The molecule has 0 spiro atoms. The first-order valence-corrected chi connectivity index (χ1v) is 5.07. The van der Waals surface area contributed by atoms with Crippen LogP contribution in [-0.4, -0.2) is 6.61 Å². The smallest absolute Gasteiger partial charge is 0.183 e. The van der Waals surface area contributed by atoms with E-state index >= 15 is 0 Å². The number of nitriles is 1. The molecular formula is C13H13NO. The molecule has 0 fully saturated rings. The lowest BCUT2D eigenvalue weighted by molar-refractivity contribution is -0.0140. The molecule has 0 saturated carbocycles. The summed E-state index contributed by atoms with van der Waals surface area (Å²) in [5, 5.41) is 9.30.